The highest BCUT2D eigenvalue weighted by Gasteiger charge is 2.65. The molecule has 1 aromatic heterocycles. The van der Waals surface area contributed by atoms with Crippen LogP contribution in [0.3, 0.4) is 0 Å². The average Bonchev–Trinajstić information content (AvgIpc) is 2.78. The van der Waals surface area contributed by atoms with Crippen molar-refractivity contribution in [2.45, 2.75) is 30.5 Å². The number of rotatable bonds is 5. The summed E-state index contributed by atoms with van der Waals surface area (Å²) >= 11 is 0. The fourth-order valence-corrected chi connectivity index (χ4v) is 3.17. The van der Waals surface area contributed by atoms with Gasteiger partial charge in [-0.3, -0.25) is 4.79 Å². The minimum Gasteiger partial charge on any atom is -0.383 e. The van der Waals surface area contributed by atoms with E-state index in [1.165, 1.54) is 6.92 Å². The third-order valence-corrected chi connectivity index (χ3v) is 4.97. The molecule has 0 spiro atoms. The van der Waals surface area contributed by atoms with Crippen LogP contribution in [0.15, 0.2) is 29.2 Å². The van der Waals surface area contributed by atoms with E-state index in [-0.39, 0.29) is 17.7 Å². The molecule has 4 N–H and O–H groups in total. The number of nitrogens with zero attached hydrogens (tertiary/aromatic N) is 2. The van der Waals surface area contributed by atoms with Crippen LogP contribution >= 0.6 is 10.2 Å². The summed E-state index contributed by atoms with van der Waals surface area (Å²) in [6.07, 6.45) is -6.35. The number of aromatic nitrogens is 2. The predicted octanol–water partition coefficient (Wildman–Crippen LogP) is 4.94. The molecule has 2 rings (SSSR count). The summed E-state index contributed by atoms with van der Waals surface area (Å²) in [6, 6.07) is 0.656. The molecule has 0 fully saturated rings. The number of alkyl halides is 3. The number of halogens is 8. The molecular weight excluding hydrogens is 424 g/mol. The van der Waals surface area contributed by atoms with E-state index in [4.69, 9.17) is 11.5 Å². The lowest BCUT2D eigenvalue weighted by atomic mass is 10.1. The van der Waals surface area contributed by atoms with E-state index < -0.39 is 56.7 Å². The first-order chi connectivity index (χ1) is 12.3. The average molecular weight is 438 g/mol. The fraction of sp³-hybridized carbons (Fsp3) is 0.286. The quantitative estimate of drug-likeness (QED) is 0.649. The van der Waals surface area contributed by atoms with Crippen molar-refractivity contribution in [2.75, 3.05) is 5.73 Å². The summed E-state index contributed by atoms with van der Waals surface area (Å²) in [7, 11) is -9.87. The third-order valence-electron chi connectivity index (χ3n) is 3.81. The molecule has 1 atom stereocenters. The van der Waals surface area contributed by atoms with Gasteiger partial charge in [0, 0.05) is 0 Å². The van der Waals surface area contributed by atoms with Gasteiger partial charge in [0.1, 0.15) is 16.3 Å². The largest absolute Gasteiger partial charge is 0.394 e. The smallest absolute Gasteiger partial charge is 0.383 e. The molecule has 0 aliphatic heterocycles. The number of anilines is 1. The van der Waals surface area contributed by atoms with Crippen molar-refractivity contribution in [1.29, 1.82) is 0 Å². The van der Waals surface area contributed by atoms with Crippen molar-refractivity contribution in [3.63, 3.8) is 0 Å². The maximum atomic E-state index is 12.8. The fourth-order valence-electron chi connectivity index (χ4n) is 2.52. The predicted molar refractivity (Wildman–Crippen MR) is 86.6 cm³/mol. The number of hydrogen-bond donors (Lipinski definition) is 2. The van der Waals surface area contributed by atoms with Gasteiger partial charge in [-0.15, -0.1) is 0 Å². The molecule has 0 saturated carbocycles. The Bertz CT molecular complexity index is 919. The second-order valence-electron chi connectivity index (χ2n) is 6.02. The third kappa shape index (κ3) is 4.66. The van der Waals surface area contributed by atoms with Gasteiger partial charge in [0.2, 0.25) is 0 Å². The second kappa shape index (κ2) is 5.75. The first-order valence-corrected chi connectivity index (χ1v) is 9.33. The molecule has 5 nitrogen and oxygen atoms in total. The number of carbonyl (C=O) groups is 1. The topological polar surface area (TPSA) is 86.9 Å². The van der Waals surface area contributed by atoms with Crippen LogP contribution in [0.4, 0.5) is 38.4 Å². The van der Waals surface area contributed by atoms with Crippen LogP contribution in [-0.4, -0.2) is 21.9 Å². The molecule has 28 heavy (non-hydrogen) atoms. The lowest BCUT2D eigenvalue weighted by Gasteiger charge is -2.40. The molecule has 0 bridgehead atoms. The Morgan fingerprint density at radius 3 is 2.04 bits per heavy atom. The second-order valence-corrected chi connectivity index (χ2v) is 8.43. The van der Waals surface area contributed by atoms with Gasteiger partial charge in [0.15, 0.2) is 0 Å². The number of hydrogen-bond acceptors (Lipinski definition) is 3. The molecule has 158 valence electrons. The molecule has 0 radical (unpaired) electrons. The molecule has 0 aliphatic rings. The standard InChI is InChI=1S/C14H14F8N4OS/c1-7(8-2-4-9(5-3-8)28(18,19,20,21)22)26-12(23)11(13(24)27)10(25-26)6-14(15,16)17/h2-5,7H,6,23H2,1H3,(H2,24,27). The molecular formula is C14H14F8N4OS. The highest BCUT2D eigenvalue weighted by atomic mass is 32.5. The van der Waals surface area contributed by atoms with Crippen molar-refractivity contribution >= 4 is 21.9 Å². The Kier molecular flexibility index (Phi) is 4.47. The first kappa shape index (κ1) is 21.8. The van der Waals surface area contributed by atoms with Gasteiger partial charge in [-0.25, -0.2) is 4.68 Å². The number of primary amides is 1. The van der Waals surface area contributed by atoms with Crippen LogP contribution in [0.1, 0.15) is 34.6 Å². The molecule has 1 amide bonds. The van der Waals surface area contributed by atoms with E-state index in [2.05, 4.69) is 5.10 Å². The van der Waals surface area contributed by atoms with Gasteiger partial charge in [-0.05, 0) is 24.6 Å². The first-order valence-electron chi connectivity index (χ1n) is 7.37. The monoisotopic (exact) mass is 438 g/mol. The van der Waals surface area contributed by atoms with E-state index in [0.717, 1.165) is 4.68 Å². The van der Waals surface area contributed by atoms with E-state index in [0.29, 0.717) is 12.1 Å². The summed E-state index contributed by atoms with van der Waals surface area (Å²) in [5.41, 5.74) is 9.23. The summed E-state index contributed by atoms with van der Waals surface area (Å²) in [4.78, 5) is 9.32. The SMILES string of the molecule is CC(c1ccc(S(F)(F)(F)(F)F)cc1)n1nc(CC(F)(F)F)c(C(N)=O)c1N. The van der Waals surface area contributed by atoms with Crippen LogP contribution in [-0.2, 0) is 6.42 Å². The van der Waals surface area contributed by atoms with E-state index in [9.17, 15) is 37.4 Å². The highest BCUT2D eigenvalue weighted by Crippen LogP contribution is 3.02. The van der Waals surface area contributed by atoms with Gasteiger partial charge >= 0.3 is 16.4 Å². The van der Waals surface area contributed by atoms with Gasteiger partial charge in [0.25, 0.3) is 5.91 Å². The van der Waals surface area contributed by atoms with E-state index in [1.54, 1.807) is 0 Å². The van der Waals surface area contributed by atoms with Crippen molar-refractivity contribution < 1.29 is 37.4 Å². The molecule has 0 saturated heterocycles. The van der Waals surface area contributed by atoms with Crippen molar-refractivity contribution in [3.8, 4) is 0 Å². The van der Waals surface area contributed by atoms with Crippen molar-refractivity contribution in [2.24, 2.45) is 5.73 Å². The summed E-state index contributed by atoms with van der Waals surface area (Å²) in [5.74, 6) is -1.80. The van der Waals surface area contributed by atoms with Crippen LogP contribution < -0.4 is 11.5 Å². The number of carbonyl (C=O) groups excluding carboxylic acids is 1. The summed E-state index contributed by atoms with van der Waals surface area (Å²) in [5, 5.41) is 3.60. The minimum atomic E-state index is -9.87. The van der Waals surface area contributed by atoms with Crippen molar-refractivity contribution in [3.05, 3.63) is 41.1 Å². The van der Waals surface area contributed by atoms with Gasteiger partial charge < -0.3 is 11.5 Å². The van der Waals surface area contributed by atoms with Crippen LogP contribution in [0.2, 0.25) is 0 Å². The number of benzene rings is 1. The normalized spacial score (nSPS) is 16.3. The zero-order valence-corrected chi connectivity index (χ0v) is 14.8. The number of nitrogen functional groups attached to an aromatic ring is 1. The lowest BCUT2D eigenvalue weighted by molar-refractivity contribution is -0.127. The highest BCUT2D eigenvalue weighted by molar-refractivity contribution is 8.45. The maximum Gasteiger partial charge on any atom is 0.394 e. The Morgan fingerprint density at radius 2 is 1.64 bits per heavy atom. The molecule has 1 aromatic carbocycles. The zero-order valence-electron chi connectivity index (χ0n) is 14.0. The van der Waals surface area contributed by atoms with Crippen LogP contribution in [0.5, 0.6) is 0 Å². The Balaban J connectivity index is 2.49. The summed E-state index contributed by atoms with van der Waals surface area (Å²) in [6.45, 7) is 1.29. The zero-order chi connectivity index (χ0) is 21.8. The number of nitrogens with two attached hydrogens (primary N) is 2. The molecule has 14 heteroatoms. The molecule has 0 aliphatic carbocycles. The molecule has 2 aromatic rings. The van der Waals surface area contributed by atoms with Crippen LogP contribution in [0, 0.1) is 0 Å². The van der Waals surface area contributed by atoms with Crippen molar-refractivity contribution in [1.82, 2.24) is 9.78 Å². The molecule has 1 unspecified atom stereocenters. The summed E-state index contributed by atoms with van der Waals surface area (Å²) < 4.78 is 103. The Labute approximate surface area is 153 Å². The van der Waals surface area contributed by atoms with Gasteiger partial charge in [-0.1, -0.05) is 31.6 Å². The van der Waals surface area contributed by atoms with Crippen LogP contribution in [0.25, 0.3) is 0 Å². The molecule has 1 heterocycles. The maximum absolute atomic E-state index is 12.8. The van der Waals surface area contributed by atoms with Gasteiger partial charge in [-0.2, -0.15) is 18.3 Å². The minimum absolute atomic E-state index is 0.0191. The van der Waals surface area contributed by atoms with E-state index in [1.807, 2.05) is 0 Å². The Morgan fingerprint density at radius 1 is 1.14 bits per heavy atom. The lowest BCUT2D eigenvalue weighted by Crippen LogP contribution is -2.19. The van der Waals surface area contributed by atoms with E-state index >= 15 is 0 Å². The number of amides is 1. The van der Waals surface area contributed by atoms with Gasteiger partial charge in [0.05, 0.1) is 18.2 Å². The Hall–Kier alpha value is -2.51.